The molecule has 17 heavy (non-hydrogen) atoms. The number of carbonyl (C=O) groups excluding carboxylic acids is 1. The molecule has 0 spiro atoms. The summed E-state index contributed by atoms with van der Waals surface area (Å²) >= 11 is 0. The molecule has 92 valence electrons. The molecule has 0 aromatic carbocycles. The zero-order valence-electron chi connectivity index (χ0n) is 9.64. The van der Waals surface area contributed by atoms with Gasteiger partial charge in [-0.05, 0) is 19.4 Å². The van der Waals surface area contributed by atoms with Crippen LogP contribution in [0.3, 0.4) is 0 Å². The summed E-state index contributed by atoms with van der Waals surface area (Å²) in [5, 5.41) is 2.93. The lowest BCUT2D eigenvalue weighted by molar-refractivity contribution is 0.0867. The van der Waals surface area contributed by atoms with E-state index in [-0.39, 0.29) is 18.1 Å². The fraction of sp³-hybridized carbons (Fsp3) is 0.455. The molecule has 2 rings (SSSR count). The van der Waals surface area contributed by atoms with Gasteiger partial charge in [-0.3, -0.25) is 15.6 Å². The summed E-state index contributed by atoms with van der Waals surface area (Å²) in [7, 11) is 0. The molecule has 1 aromatic heterocycles. The van der Waals surface area contributed by atoms with Crippen molar-refractivity contribution in [1.82, 2.24) is 10.3 Å². The van der Waals surface area contributed by atoms with Crippen LogP contribution in [0.1, 0.15) is 23.7 Å². The van der Waals surface area contributed by atoms with E-state index in [1.807, 2.05) is 6.92 Å². The van der Waals surface area contributed by atoms with Gasteiger partial charge in [0.1, 0.15) is 0 Å². The molecule has 6 nitrogen and oxygen atoms in total. The summed E-state index contributed by atoms with van der Waals surface area (Å²) < 4.78 is 5.39. The van der Waals surface area contributed by atoms with Crippen LogP contribution in [0.5, 0.6) is 0 Å². The minimum absolute atomic E-state index is 0.0510. The minimum atomic E-state index is -0.164. The van der Waals surface area contributed by atoms with Gasteiger partial charge in [-0.25, -0.2) is 0 Å². The van der Waals surface area contributed by atoms with Crippen molar-refractivity contribution in [3.05, 3.63) is 24.0 Å². The maximum absolute atomic E-state index is 12.0. The number of rotatable bonds is 3. The topological polar surface area (TPSA) is 89.3 Å². The van der Waals surface area contributed by atoms with Crippen molar-refractivity contribution in [2.75, 3.05) is 12.0 Å². The van der Waals surface area contributed by atoms with Gasteiger partial charge < -0.3 is 15.5 Å². The lowest BCUT2D eigenvalue weighted by Crippen LogP contribution is -2.39. The molecule has 1 aliphatic heterocycles. The number of nitrogens with one attached hydrogen (secondary N) is 2. The highest BCUT2D eigenvalue weighted by molar-refractivity contribution is 5.99. The summed E-state index contributed by atoms with van der Waals surface area (Å²) in [4.78, 5) is 15.9. The Morgan fingerprint density at radius 3 is 3.12 bits per heavy atom. The van der Waals surface area contributed by atoms with Crippen LogP contribution in [-0.4, -0.2) is 29.6 Å². The summed E-state index contributed by atoms with van der Waals surface area (Å²) in [6, 6.07) is 1.69. The molecule has 0 saturated carbocycles. The predicted molar refractivity (Wildman–Crippen MR) is 63.3 cm³/mol. The smallest absolute Gasteiger partial charge is 0.253 e. The Morgan fingerprint density at radius 1 is 1.65 bits per heavy atom. The standard InChI is InChI=1S/C11H16N4O2/c1-7-9(3-5-17-7)14-11(16)8-2-4-13-6-10(8)15-12/h2,4,6-7,9,15H,3,5,12H2,1H3,(H,14,16). The van der Waals surface area contributed by atoms with Crippen LogP contribution in [-0.2, 0) is 4.74 Å². The Morgan fingerprint density at radius 2 is 2.47 bits per heavy atom. The van der Waals surface area contributed by atoms with Crippen molar-refractivity contribution in [2.24, 2.45) is 5.84 Å². The van der Waals surface area contributed by atoms with Crippen molar-refractivity contribution in [3.63, 3.8) is 0 Å². The molecular weight excluding hydrogens is 220 g/mol. The summed E-state index contributed by atoms with van der Waals surface area (Å²) in [6.45, 7) is 2.64. The number of ether oxygens (including phenoxy) is 1. The molecule has 2 unspecified atom stereocenters. The maximum atomic E-state index is 12.0. The monoisotopic (exact) mass is 236 g/mol. The quantitative estimate of drug-likeness (QED) is 0.518. The molecule has 6 heteroatoms. The number of nitrogens with zero attached hydrogens (tertiary/aromatic N) is 1. The Balaban J connectivity index is 2.09. The SMILES string of the molecule is CC1OCCC1NC(=O)c1ccncc1NN. The second-order valence-corrected chi connectivity index (χ2v) is 4.01. The van der Waals surface area contributed by atoms with Gasteiger partial charge in [0.2, 0.25) is 0 Å². The summed E-state index contributed by atoms with van der Waals surface area (Å²) in [5.74, 6) is 5.17. The normalized spacial score (nSPS) is 23.4. The molecule has 0 radical (unpaired) electrons. The van der Waals surface area contributed by atoms with Crippen LogP contribution >= 0.6 is 0 Å². The number of hydrogen-bond acceptors (Lipinski definition) is 5. The van der Waals surface area contributed by atoms with Gasteiger partial charge in [0.25, 0.3) is 5.91 Å². The maximum Gasteiger partial charge on any atom is 0.253 e. The van der Waals surface area contributed by atoms with Crippen molar-refractivity contribution in [3.8, 4) is 0 Å². The van der Waals surface area contributed by atoms with Gasteiger partial charge in [0, 0.05) is 12.8 Å². The number of hydrazine groups is 1. The number of nitrogens with two attached hydrogens (primary N) is 1. The summed E-state index contributed by atoms with van der Waals surface area (Å²) in [5.41, 5.74) is 3.46. The molecule has 1 saturated heterocycles. The van der Waals surface area contributed by atoms with E-state index >= 15 is 0 Å². The van der Waals surface area contributed by atoms with Crippen LogP contribution < -0.4 is 16.6 Å². The first-order valence-corrected chi connectivity index (χ1v) is 5.55. The van der Waals surface area contributed by atoms with Gasteiger partial charge in [0.15, 0.2) is 0 Å². The molecule has 1 amide bonds. The molecule has 2 atom stereocenters. The number of anilines is 1. The van der Waals surface area contributed by atoms with Crippen molar-refractivity contribution in [2.45, 2.75) is 25.5 Å². The number of aromatic nitrogens is 1. The number of nitrogen functional groups attached to an aromatic ring is 1. The molecule has 4 N–H and O–H groups in total. The molecular formula is C11H16N4O2. The lowest BCUT2D eigenvalue weighted by atomic mass is 10.1. The van der Waals surface area contributed by atoms with Crippen molar-refractivity contribution in [1.29, 1.82) is 0 Å². The third kappa shape index (κ3) is 2.54. The number of carbonyl (C=O) groups is 1. The van der Waals surface area contributed by atoms with Crippen LogP contribution in [0.2, 0.25) is 0 Å². The van der Waals surface area contributed by atoms with Crippen molar-refractivity contribution >= 4 is 11.6 Å². The number of amides is 1. The second-order valence-electron chi connectivity index (χ2n) is 4.01. The van der Waals surface area contributed by atoms with E-state index in [0.717, 1.165) is 6.42 Å². The fourth-order valence-corrected chi connectivity index (χ4v) is 1.87. The Hall–Kier alpha value is -1.66. The van der Waals surface area contributed by atoms with E-state index in [4.69, 9.17) is 10.6 Å². The molecule has 0 aliphatic carbocycles. The van der Waals surface area contributed by atoms with E-state index in [1.54, 1.807) is 12.3 Å². The average molecular weight is 236 g/mol. The fourth-order valence-electron chi connectivity index (χ4n) is 1.87. The molecule has 1 fully saturated rings. The van der Waals surface area contributed by atoms with Crippen molar-refractivity contribution < 1.29 is 9.53 Å². The zero-order valence-corrected chi connectivity index (χ0v) is 9.64. The molecule has 1 aromatic rings. The highest BCUT2D eigenvalue weighted by atomic mass is 16.5. The molecule has 0 bridgehead atoms. The first-order chi connectivity index (χ1) is 8.22. The van der Waals surface area contributed by atoms with E-state index in [9.17, 15) is 4.79 Å². The van der Waals surface area contributed by atoms with Crippen LogP contribution in [0.25, 0.3) is 0 Å². The predicted octanol–water partition coefficient (Wildman–Crippen LogP) is 0.274. The van der Waals surface area contributed by atoms with E-state index in [0.29, 0.717) is 17.9 Å². The molecule has 1 aliphatic rings. The number of pyridine rings is 1. The van der Waals surface area contributed by atoms with Gasteiger partial charge in [-0.2, -0.15) is 0 Å². The third-order valence-electron chi connectivity index (χ3n) is 2.91. The van der Waals surface area contributed by atoms with E-state index < -0.39 is 0 Å². The van der Waals surface area contributed by atoms with Gasteiger partial charge in [-0.15, -0.1) is 0 Å². The first kappa shape index (κ1) is 11.8. The zero-order chi connectivity index (χ0) is 12.3. The van der Waals surface area contributed by atoms with Crippen LogP contribution in [0.15, 0.2) is 18.5 Å². The highest BCUT2D eigenvalue weighted by Crippen LogP contribution is 2.16. The first-order valence-electron chi connectivity index (χ1n) is 5.55. The van der Waals surface area contributed by atoms with Crippen LogP contribution in [0, 0.1) is 0 Å². The highest BCUT2D eigenvalue weighted by Gasteiger charge is 2.26. The van der Waals surface area contributed by atoms with Gasteiger partial charge in [-0.1, -0.05) is 0 Å². The lowest BCUT2D eigenvalue weighted by Gasteiger charge is -2.17. The Labute approximate surface area is 99.5 Å². The number of hydrogen-bond donors (Lipinski definition) is 3. The van der Waals surface area contributed by atoms with Crippen LogP contribution in [0.4, 0.5) is 5.69 Å². The molecule has 2 heterocycles. The Kier molecular flexibility index (Phi) is 3.55. The van der Waals surface area contributed by atoms with E-state index in [1.165, 1.54) is 6.20 Å². The Bertz CT molecular complexity index is 410. The van der Waals surface area contributed by atoms with Gasteiger partial charge >= 0.3 is 0 Å². The van der Waals surface area contributed by atoms with E-state index in [2.05, 4.69) is 15.7 Å². The van der Waals surface area contributed by atoms with Gasteiger partial charge in [0.05, 0.1) is 29.6 Å². The largest absolute Gasteiger partial charge is 0.376 e. The summed E-state index contributed by atoms with van der Waals surface area (Å²) in [6.07, 6.45) is 3.96. The second kappa shape index (κ2) is 5.11. The average Bonchev–Trinajstić information content (AvgIpc) is 2.75. The minimum Gasteiger partial charge on any atom is -0.376 e. The third-order valence-corrected chi connectivity index (χ3v) is 2.91.